The van der Waals surface area contributed by atoms with Crippen LogP contribution in [0.3, 0.4) is 0 Å². The monoisotopic (exact) mass is 391 g/mol. The highest BCUT2D eigenvalue weighted by Gasteiger charge is 2.33. The van der Waals surface area contributed by atoms with E-state index in [2.05, 4.69) is 22.4 Å². The predicted molar refractivity (Wildman–Crippen MR) is 113 cm³/mol. The van der Waals surface area contributed by atoms with Crippen molar-refractivity contribution < 1.29 is 9.59 Å². The smallest absolute Gasteiger partial charge is 0.243 e. The van der Waals surface area contributed by atoms with Gasteiger partial charge >= 0.3 is 0 Å². The fourth-order valence-electron chi connectivity index (χ4n) is 4.58. The molecule has 0 spiro atoms. The normalized spacial score (nSPS) is 19.9. The number of pyridine rings is 1. The maximum Gasteiger partial charge on any atom is 0.243 e. The minimum absolute atomic E-state index is 0.0400. The highest BCUT2D eigenvalue weighted by atomic mass is 16.2. The number of hydrogen-bond acceptors (Lipinski definition) is 3. The van der Waals surface area contributed by atoms with Crippen LogP contribution in [-0.4, -0.2) is 40.8 Å². The predicted octanol–water partition coefficient (Wildman–Crippen LogP) is 3.59. The molecule has 1 aromatic heterocycles. The van der Waals surface area contributed by atoms with Crippen molar-refractivity contribution in [3.8, 4) is 11.1 Å². The molecule has 5 heteroatoms. The van der Waals surface area contributed by atoms with Crippen LogP contribution in [0.15, 0.2) is 48.8 Å². The molecule has 1 aliphatic carbocycles. The first-order chi connectivity index (χ1) is 14.2. The van der Waals surface area contributed by atoms with Crippen LogP contribution in [0, 0.1) is 5.92 Å². The van der Waals surface area contributed by atoms with Crippen LogP contribution in [0.2, 0.25) is 0 Å². The number of carbonyl (C=O) groups is 2. The van der Waals surface area contributed by atoms with Crippen molar-refractivity contribution >= 4 is 11.8 Å². The Kier molecular flexibility index (Phi) is 6.23. The van der Waals surface area contributed by atoms with Gasteiger partial charge in [-0.25, -0.2) is 0 Å². The Morgan fingerprint density at radius 2 is 1.90 bits per heavy atom. The number of rotatable bonds is 6. The van der Waals surface area contributed by atoms with Crippen molar-refractivity contribution in [2.24, 2.45) is 5.92 Å². The molecular formula is C24H29N3O2. The Labute approximate surface area is 172 Å². The van der Waals surface area contributed by atoms with Crippen LogP contribution in [0.1, 0.15) is 44.1 Å². The van der Waals surface area contributed by atoms with Crippen LogP contribution < -0.4 is 5.32 Å². The molecule has 0 bridgehead atoms. The van der Waals surface area contributed by atoms with Crippen molar-refractivity contribution in [2.45, 2.75) is 51.0 Å². The zero-order valence-corrected chi connectivity index (χ0v) is 16.8. The third-order valence-electron chi connectivity index (χ3n) is 6.27. The van der Waals surface area contributed by atoms with E-state index < -0.39 is 6.04 Å². The summed E-state index contributed by atoms with van der Waals surface area (Å²) in [5, 5.41) is 2.93. The van der Waals surface area contributed by atoms with E-state index in [1.165, 1.54) is 25.7 Å². The first kappa shape index (κ1) is 19.6. The van der Waals surface area contributed by atoms with E-state index in [0.717, 1.165) is 23.1 Å². The zero-order valence-electron chi connectivity index (χ0n) is 16.8. The molecule has 5 nitrogen and oxygen atoms in total. The number of benzene rings is 1. The number of nitrogens with zero attached hydrogens (tertiary/aromatic N) is 2. The van der Waals surface area contributed by atoms with E-state index >= 15 is 0 Å². The van der Waals surface area contributed by atoms with E-state index in [-0.39, 0.29) is 11.8 Å². The van der Waals surface area contributed by atoms with Gasteiger partial charge in [0.2, 0.25) is 11.8 Å². The highest BCUT2D eigenvalue weighted by molar-refractivity contribution is 5.89. The van der Waals surface area contributed by atoms with Gasteiger partial charge < -0.3 is 10.2 Å². The largest absolute Gasteiger partial charge is 0.353 e. The summed E-state index contributed by atoms with van der Waals surface area (Å²) in [6, 6.07) is 11.7. The standard InChI is InChI=1S/C24H29N3O2/c28-23(12-9-18-4-1-2-5-18)27-15-14-26-24(29)22(27)16-19-7-10-20(11-8-19)21-6-3-13-25-17-21/h3,6-8,10-11,13,17-18,22H,1-2,4-5,9,12,14-16H2,(H,26,29)/t22-/m0/s1. The SMILES string of the molecule is O=C1NCCN(C(=O)CCC2CCCC2)[C@H]1Cc1ccc(-c2cccnc2)cc1. The molecule has 1 aliphatic heterocycles. The lowest BCUT2D eigenvalue weighted by atomic mass is 9.97. The summed E-state index contributed by atoms with van der Waals surface area (Å²) in [5.74, 6) is 0.779. The van der Waals surface area contributed by atoms with Crippen molar-refractivity contribution in [2.75, 3.05) is 13.1 Å². The molecule has 1 saturated carbocycles. The van der Waals surface area contributed by atoms with Crippen molar-refractivity contribution in [1.29, 1.82) is 0 Å². The Hall–Kier alpha value is -2.69. The maximum absolute atomic E-state index is 12.9. The van der Waals surface area contributed by atoms with Gasteiger partial charge in [-0.15, -0.1) is 0 Å². The third kappa shape index (κ3) is 4.84. The van der Waals surface area contributed by atoms with Gasteiger partial charge in [0.05, 0.1) is 0 Å². The number of amides is 2. The van der Waals surface area contributed by atoms with Gasteiger partial charge in [0.15, 0.2) is 0 Å². The van der Waals surface area contributed by atoms with Gasteiger partial charge in [0.1, 0.15) is 6.04 Å². The first-order valence-corrected chi connectivity index (χ1v) is 10.8. The molecule has 1 aromatic carbocycles. The summed E-state index contributed by atoms with van der Waals surface area (Å²) < 4.78 is 0. The van der Waals surface area contributed by atoms with E-state index in [9.17, 15) is 9.59 Å². The van der Waals surface area contributed by atoms with Gasteiger partial charge in [0, 0.05) is 38.3 Å². The Morgan fingerprint density at radius 1 is 1.10 bits per heavy atom. The molecule has 2 fully saturated rings. The molecule has 0 radical (unpaired) electrons. The summed E-state index contributed by atoms with van der Waals surface area (Å²) in [4.78, 5) is 31.4. The van der Waals surface area contributed by atoms with Gasteiger partial charge in [-0.3, -0.25) is 14.6 Å². The van der Waals surface area contributed by atoms with Gasteiger partial charge in [-0.2, -0.15) is 0 Å². The van der Waals surface area contributed by atoms with E-state index in [4.69, 9.17) is 0 Å². The molecule has 1 atom stereocenters. The van der Waals surface area contributed by atoms with Crippen LogP contribution >= 0.6 is 0 Å². The average molecular weight is 392 g/mol. The zero-order chi connectivity index (χ0) is 20.1. The summed E-state index contributed by atoms with van der Waals surface area (Å²) in [5.41, 5.74) is 3.23. The van der Waals surface area contributed by atoms with Gasteiger partial charge in [-0.05, 0) is 35.1 Å². The second-order valence-electron chi connectivity index (χ2n) is 8.23. The van der Waals surface area contributed by atoms with Crippen LogP contribution in [0.5, 0.6) is 0 Å². The topological polar surface area (TPSA) is 62.3 Å². The Balaban J connectivity index is 1.41. The lowest BCUT2D eigenvalue weighted by molar-refractivity contribution is -0.143. The molecule has 0 unspecified atom stereocenters. The molecule has 152 valence electrons. The molecule has 1 saturated heterocycles. The fraction of sp³-hybridized carbons (Fsp3) is 0.458. The van der Waals surface area contributed by atoms with E-state index in [0.29, 0.717) is 31.8 Å². The molecule has 2 amide bonds. The maximum atomic E-state index is 12.9. The molecule has 4 rings (SSSR count). The average Bonchev–Trinajstić information content (AvgIpc) is 3.28. The number of nitrogens with one attached hydrogen (secondary N) is 1. The molecule has 2 aromatic rings. The van der Waals surface area contributed by atoms with Crippen molar-refractivity contribution in [3.05, 3.63) is 54.4 Å². The van der Waals surface area contributed by atoms with Gasteiger partial charge in [-0.1, -0.05) is 56.0 Å². The summed E-state index contributed by atoms with van der Waals surface area (Å²) >= 11 is 0. The number of aromatic nitrogens is 1. The molecule has 2 heterocycles. The lowest BCUT2D eigenvalue weighted by Crippen LogP contribution is -2.58. The quantitative estimate of drug-likeness (QED) is 0.819. The van der Waals surface area contributed by atoms with E-state index in [1.807, 2.05) is 35.4 Å². The molecule has 29 heavy (non-hydrogen) atoms. The second-order valence-corrected chi connectivity index (χ2v) is 8.23. The molecule has 2 aliphatic rings. The lowest BCUT2D eigenvalue weighted by Gasteiger charge is -2.35. The van der Waals surface area contributed by atoms with Crippen molar-refractivity contribution in [1.82, 2.24) is 15.2 Å². The second kappa shape index (κ2) is 9.21. The Morgan fingerprint density at radius 3 is 2.62 bits per heavy atom. The van der Waals surface area contributed by atoms with Crippen molar-refractivity contribution in [3.63, 3.8) is 0 Å². The number of hydrogen-bond donors (Lipinski definition) is 1. The minimum atomic E-state index is -0.413. The summed E-state index contributed by atoms with van der Waals surface area (Å²) in [6.45, 7) is 1.15. The third-order valence-corrected chi connectivity index (χ3v) is 6.27. The van der Waals surface area contributed by atoms with Crippen LogP contribution in [-0.2, 0) is 16.0 Å². The molecule has 1 N–H and O–H groups in total. The Bertz CT molecular complexity index is 829. The van der Waals surface area contributed by atoms with Crippen LogP contribution in [0.4, 0.5) is 0 Å². The number of piperazine rings is 1. The summed E-state index contributed by atoms with van der Waals surface area (Å²) in [6.07, 6.45) is 10.8. The fourth-order valence-corrected chi connectivity index (χ4v) is 4.58. The first-order valence-electron chi connectivity index (χ1n) is 10.8. The van der Waals surface area contributed by atoms with Gasteiger partial charge in [0.25, 0.3) is 0 Å². The van der Waals surface area contributed by atoms with E-state index in [1.54, 1.807) is 6.20 Å². The highest BCUT2D eigenvalue weighted by Crippen LogP contribution is 2.29. The summed E-state index contributed by atoms with van der Waals surface area (Å²) in [7, 11) is 0. The number of carbonyl (C=O) groups excluding carboxylic acids is 2. The minimum Gasteiger partial charge on any atom is -0.353 e. The van der Waals surface area contributed by atoms with Crippen LogP contribution in [0.25, 0.3) is 11.1 Å². The molecular weight excluding hydrogens is 362 g/mol.